The van der Waals surface area contributed by atoms with Crippen LogP contribution < -0.4 is 10.2 Å². The zero-order valence-electron chi connectivity index (χ0n) is 29.6. The largest absolute Gasteiger partial charge is 0.421 e. The number of hydrogen-bond donors (Lipinski definition) is 1. The van der Waals surface area contributed by atoms with Gasteiger partial charge in [0, 0.05) is 70.6 Å². The molecule has 12 heteroatoms. The number of hydrogen-bond acceptors (Lipinski definition) is 8. The van der Waals surface area contributed by atoms with E-state index < -0.39 is 17.6 Å². The van der Waals surface area contributed by atoms with Crippen molar-refractivity contribution in [3.8, 4) is 6.07 Å². The third-order valence-electron chi connectivity index (χ3n) is 8.74. The average molecular weight is 668 g/mol. The number of unbranched alkanes of at least 4 members (excludes halogenated alkanes) is 2. The first kappa shape index (κ1) is 40.3. The Bertz CT molecular complexity index is 1180. The Morgan fingerprint density at radius 2 is 1.85 bits per heavy atom. The van der Waals surface area contributed by atoms with Crippen LogP contribution in [-0.4, -0.2) is 106 Å². The lowest BCUT2D eigenvalue weighted by atomic mass is 9.96. The van der Waals surface area contributed by atoms with Crippen LogP contribution in [0.2, 0.25) is 0 Å². The molecule has 0 saturated carbocycles. The monoisotopic (exact) mass is 667 g/mol. The van der Waals surface area contributed by atoms with E-state index in [0.717, 1.165) is 36.3 Å². The highest BCUT2D eigenvalue weighted by Crippen LogP contribution is 2.40. The maximum Gasteiger partial charge on any atom is 0.421 e. The molecule has 266 valence electrons. The number of anilines is 1. The van der Waals surface area contributed by atoms with Gasteiger partial charge in [0.15, 0.2) is 0 Å². The van der Waals surface area contributed by atoms with Gasteiger partial charge < -0.3 is 29.7 Å². The van der Waals surface area contributed by atoms with Crippen LogP contribution in [0, 0.1) is 17.1 Å². The summed E-state index contributed by atoms with van der Waals surface area (Å²) in [5, 5.41) is 12.5. The summed E-state index contributed by atoms with van der Waals surface area (Å²) in [7, 11) is 5.73. The molecule has 1 saturated heterocycles. The summed E-state index contributed by atoms with van der Waals surface area (Å²) in [6.45, 7) is 14.1. The summed E-state index contributed by atoms with van der Waals surface area (Å²) >= 11 is 0. The summed E-state index contributed by atoms with van der Waals surface area (Å²) in [4.78, 5) is 13.3. The molecule has 3 heterocycles. The number of likely N-dealkylation sites (N-methyl/N-ethyl adjacent to an activating group) is 1. The molecule has 3 aliphatic rings. The number of nitrogens with zero attached hydrogens (tertiary/aromatic N) is 6. The van der Waals surface area contributed by atoms with Crippen LogP contribution in [0.5, 0.6) is 0 Å². The van der Waals surface area contributed by atoms with Gasteiger partial charge in [-0.1, -0.05) is 46.6 Å². The van der Waals surface area contributed by atoms with Crippen LogP contribution >= 0.6 is 0 Å². The predicted octanol–water partition coefficient (Wildman–Crippen LogP) is 6.75. The van der Waals surface area contributed by atoms with E-state index in [2.05, 4.69) is 47.0 Å². The van der Waals surface area contributed by atoms with Crippen molar-refractivity contribution in [2.24, 2.45) is 4.99 Å². The SMILES string of the molecule is CC.CCCCCN(C)CC.COCC1N=C(N2CCN[C@@H](CC#N)C2)C2=C(CCN(c3cccc(F)c3C(F)(F)F)CCC2)N1C. The highest BCUT2D eigenvalue weighted by atomic mass is 19.4. The fraction of sp³-hybridized carbons (Fsp3) is 0.714. The quantitative estimate of drug-likeness (QED) is 0.231. The number of alkyl halides is 3. The molecule has 0 spiro atoms. The second-order valence-electron chi connectivity index (χ2n) is 12.0. The van der Waals surface area contributed by atoms with E-state index in [9.17, 15) is 17.6 Å². The van der Waals surface area contributed by atoms with Crippen LogP contribution in [0.3, 0.4) is 0 Å². The van der Waals surface area contributed by atoms with Gasteiger partial charge in [0.1, 0.15) is 23.4 Å². The zero-order valence-corrected chi connectivity index (χ0v) is 29.6. The number of ether oxygens (including phenoxy) is 1. The molecular formula is C35H57F4N7O. The molecular weight excluding hydrogens is 610 g/mol. The van der Waals surface area contributed by atoms with Crippen LogP contribution in [0.1, 0.15) is 78.2 Å². The number of methoxy groups -OCH3 is 1. The molecule has 0 amide bonds. The molecule has 0 radical (unpaired) electrons. The number of piperazine rings is 1. The molecule has 1 aromatic carbocycles. The minimum Gasteiger partial charge on any atom is -0.381 e. The molecule has 8 nitrogen and oxygen atoms in total. The molecule has 2 atom stereocenters. The summed E-state index contributed by atoms with van der Waals surface area (Å²) in [6.07, 6.45) is 1.17. The Labute approximate surface area is 280 Å². The third-order valence-corrected chi connectivity index (χ3v) is 8.74. The summed E-state index contributed by atoms with van der Waals surface area (Å²) < 4.78 is 60.8. The first-order valence-corrected chi connectivity index (χ1v) is 17.2. The highest BCUT2D eigenvalue weighted by molar-refractivity contribution is 6.00. The fourth-order valence-electron chi connectivity index (χ4n) is 6.13. The van der Waals surface area contributed by atoms with Crippen LogP contribution in [0.4, 0.5) is 23.2 Å². The van der Waals surface area contributed by atoms with Crippen molar-refractivity contribution in [1.82, 2.24) is 20.0 Å². The van der Waals surface area contributed by atoms with Gasteiger partial charge in [-0.15, -0.1) is 0 Å². The number of halogens is 4. The minimum atomic E-state index is -4.78. The Morgan fingerprint density at radius 1 is 1.11 bits per heavy atom. The van der Waals surface area contributed by atoms with Crippen molar-refractivity contribution in [2.75, 3.05) is 78.5 Å². The molecule has 1 aromatic rings. The van der Waals surface area contributed by atoms with Gasteiger partial charge in [-0.05, 0) is 51.5 Å². The number of amidine groups is 1. The molecule has 0 aliphatic carbocycles. The van der Waals surface area contributed by atoms with Gasteiger partial charge in [-0.2, -0.15) is 18.4 Å². The van der Waals surface area contributed by atoms with E-state index in [4.69, 9.17) is 15.0 Å². The van der Waals surface area contributed by atoms with Gasteiger partial charge in [0.25, 0.3) is 0 Å². The molecule has 47 heavy (non-hydrogen) atoms. The van der Waals surface area contributed by atoms with Crippen molar-refractivity contribution in [2.45, 2.75) is 91.0 Å². The Kier molecular flexibility index (Phi) is 17.6. The summed E-state index contributed by atoms with van der Waals surface area (Å²) in [5.74, 6) is -0.360. The van der Waals surface area contributed by atoms with Crippen LogP contribution in [-0.2, 0) is 10.9 Å². The molecule has 3 aliphatic heterocycles. The number of nitriles is 1. The number of rotatable bonds is 9. The molecule has 1 fully saturated rings. The van der Waals surface area contributed by atoms with Crippen molar-refractivity contribution in [1.29, 1.82) is 5.26 Å². The fourth-order valence-corrected chi connectivity index (χ4v) is 6.13. The van der Waals surface area contributed by atoms with E-state index in [1.807, 2.05) is 20.9 Å². The van der Waals surface area contributed by atoms with Gasteiger partial charge in [-0.25, -0.2) is 9.38 Å². The first-order valence-electron chi connectivity index (χ1n) is 17.2. The van der Waals surface area contributed by atoms with Crippen molar-refractivity contribution < 1.29 is 22.3 Å². The zero-order chi connectivity index (χ0) is 35.0. The molecule has 0 bridgehead atoms. The summed E-state index contributed by atoms with van der Waals surface area (Å²) in [6, 6.07) is 5.82. The lowest BCUT2D eigenvalue weighted by molar-refractivity contribution is -0.139. The van der Waals surface area contributed by atoms with Gasteiger partial charge in [0.05, 0.1) is 24.8 Å². The third kappa shape index (κ3) is 11.6. The predicted molar refractivity (Wildman–Crippen MR) is 183 cm³/mol. The van der Waals surface area contributed by atoms with Crippen molar-refractivity contribution in [3.05, 3.63) is 40.8 Å². The second-order valence-corrected chi connectivity index (χ2v) is 12.0. The van der Waals surface area contributed by atoms with E-state index in [1.54, 1.807) is 12.0 Å². The van der Waals surface area contributed by atoms with Gasteiger partial charge >= 0.3 is 6.18 Å². The van der Waals surface area contributed by atoms with E-state index in [1.165, 1.54) is 44.5 Å². The number of nitrogens with one attached hydrogen (secondary N) is 1. The molecule has 0 aromatic heterocycles. The molecule has 1 N–H and O–H groups in total. The topological polar surface area (TPSA) is 70.4 Å². The highest BCUT2D eigenvalue weighted by Gasteiger charge is 2.39. The average Bonchev–Trinajstić information content (AvgIpc) is 3.04. The minimum absolute atomic E-state index is 0.0499. The second kappa shape index (κ2) is 20.5. The maximum atomic E-state index is 14.3. The first-order chi connectivity index (χ1) is 22.5. The van der Waals surface area contributed by atoms with E-state index in [0.29, 0.717) is 51.9 Å². The lowest BCUT2D eigenvalue weighted by Gasteiger charge is -2.43. The number of aliphatic imine (C=N–C) groups is 1. The van der Waals surface area contributed by atoms with Gasteiger partial charge in [0.2, 0.25) is 0 Å². The summed E-state index contributed by atoms with van der Waals surface area (Å²) in [5.41, 5.74) is 0.791. The number of benzene rings is 1. The van der Waals surface area contributed by atoms with E-state index in [-0.39, 0.29) is 17.9 Å². The van der Waals surface area contributed by atoms with Gasteiger partial charge in [-0.3, -0.25) is 0 Å². The molecule has 1 unspecified atom stereocenters. The Hall–Kier alpha value is -2.88. The van der Waals surface area contributed by atoms with Crippen LogP contribution in [0.15, 0.2) is 34.5 Å². The Balaban J connectivity index is 0.000000605. The standard InChI is InChI=1S/C25H32F4N6O.C8H19N.C2H6/c1-33-20-9-13-34(21-7-3-6-19(26)23(21)25(27,28)29)12-4-5-18(20)24(32-22(33)16-36-2)35-14-11-31-17(15-35)8-10-30;1-4-6-7-8-9(3)5-2;1-2/h3,6-7,17,22,31H,4-5,8-9,11-16H2,1-2H3;4-8H2,1-3H3;1-2H3/t17-,22?;;/m0../s1. The molecule has 4 rings (SSSR count). The lowest BCUT2D eigenvalue weighted by Crippen LogP contribution is -2.55. The maximum absolute atomic E-state index is 14.3. The Morgan fingerprint density at radius 3 is 2.49 bits per heavy atom. The van der Waals surface area contributed by atoms with Crippen molar-refractivity contribution in [3.63, 3.8) is 0 Å². The normalized spacial score (nSPS) is 20.2. The van der Waals surface area contributed by atoms with E-state index >= 15 is 0 Å². The van der Waals surface area contributed by atoms with Crippen molar-refractivity contribution >= 4 is 11.5 Å². The smallest absolute Gasteiger partial charge is 0.381 e. The van der Waals surface area contributed by atoms with Crippen LogP contribution in [0.25, 0.3) is 0 Å².